The lowest BCUT2D eigenvalue weighted by Crippen LogP contribution is -2.40. The number of fused-ring (bicyclic) bond motifs is 1. The lowest BCUT2D eigenvalue weighted by atomic mass is 10.0. The summed E-state index contributed by atoms with van der Waals surface area (Å²) < 4.78 is 5.57. The topological polar surface area (TPSA) is 35.2 Å². The summed E-state index contributed by atoms with van der Waals surface area (Å²) in [7, 11) is 0. The zero-order chi connectivity index (χ0) is 14.8. The summed E-state index contributed by atoms with van der Waals surface area (Å²) in [6, 6.07) is 6.94. The molecular formula is C17H25NOS2. The van der Waals surface area contributed by atoms with Crippen molar-refractivity contribution < 1.29 is 4.74 Å². The van der Waals surface area contributed by atoms with E-state index in [-0.39, 0.29) is 0 Å². The summed E-state index contributed by atoms with van der Waals surface area (Å²) in [6.45, 7) is 5.50. The Kier molecular flexibility index (Phi) is 5.07. The Balaban J connectivity index is 1.52. The largest absolute Gasteiger partial charge is 0.493 e. The molecule has 4 heteroatoms. The van der Waals surface area contributed by atoms with Crippen LogP contribution in [0.1, 0.15) is 31.4 Å². The van der Waals surface area contributed by atoms with E-state index in [1.54, 1.807) is 0 Å². The fourth-order valence-corrected chi connectivity index (χ4v) is 6.05. The lowest BCUT2D eigenvalue weighted by molar-refractivity contribution is 0.357. The van der Waals surface area contributed by atoms with Crippen molar-refractivity contribution in [2.24, 2.45) is 5.73 Å². The van der Waals surface area contributed by atoms with Crippen LogP contribution in [0.3, 0.4) is 0 Å². The maximum atomic E-state index is 6.46. The number of aryl methyl sites for hydroxylation is 1. The Morgan fingerprint density at radius 3 is 3.00 bits per heavy atom. The average Bonchev–Trinajstić information content (AvgIpc) is 2.95. The van der Waals surface area contributed by atoms with E-state index in [1.165, 1.54) is 16.9 Å². The van der Waals surface area contributed by atoms with Gasteiger partial charge in [-0.15, -0.1) is 0 Å². The minimum absolute atomic E-state index is 0.307. The number of hydrogen-bond donors (Lipinski definition) is 1. The predicted octanol–water partition coefficient (Wildman–Crippen LogP) is 3.51. The third kappa shape index (κ3) is 3.72. The Morgan fingerprint density at radius 2 is 2.19 bits per heavy atom. The maximum absolute atomic E-state index is 6.46. The van der Waals surface area contributed by atoms with E-state index in [0.29, 0.717) is 11.3 Å². The maximum Gasteiger partial charge on any atom is 0.122 e. The molecule has 4 unspecified atom stereocenters. The molecule has 0 saturated carbocycles. The van der Waals surface area contributed by atoms with E-state index in [9.17, 15) is 0 Å². The minimum atomic E-state index is 0.307. The molecule has 2 nitrogen and oxygen atoms in total. The zero-order valence-electron chi connectivity index (χ0n) is 12.9. The van der Waals surface area contributed by atoms with Crippen LogP contribution in [0.4, 0.5) is 0 Å². The molecule has 0 radical (unpaired) electrons. The van der Waals surface area contributed by atoms with Gasteiger partial charge < -0.3 is 10.5 Å². The number of thioether (sulfide) groups is 2. The molecule has 0 amide bonds. The first-order chi connectivity index (χ1) is 10.1. The Hall–Kier alpha value is -0.320. The molecule has 21 heavy (non-hydrogen) atoms. The predicted molar refractivity (Wildman–Crippen MR) is 94.7 cm³/mol. The van der Waals surface area contributed by atoms with E-state index in [0.717, 1.165) is 42.1 Å². The van der Waals surface area contributed by atoms with Gasteiger partial charge in [-0.05, 0) is 30.0 Å². The molecule has 0 aromatic heterocycles. The van der Waals surface area contributed by atoms with Crippen LogP contribution in [0.15, 0.2) is 18.2 Å². The van der Waals surface area contributed by atoms with Crippen molar-refractivity contribution in [3.05, 3.63) is 29.3 Å². The molecule has 0 spiro atoms. The molecule has 1 aromatic carbocycles. The monoisotopic (exact) mass is 323 g/mol. The van der Waals surface area contributed by atoms with Crippen molar-refractivity contribution in [1.29, 1.82) is 0 Å². The summed E-state index contributed by atoms with van der Waals surface area (Å²) in [6.07, 6.45) is 3.22. The van der Waals surface area contributed by atoms with Gasteiger partial charge in [-0.2, -0.15) is 23.5 Å². The second-order valence-corrected chi connectivity index (χ2v) is 9.19. The summed E-state index contributed by atoms with van der Waals surface area (Å²) in [5.74, 6) is 2.28. The first-order valence-corrected chi connectivity index (χ1v) is 9.90. The van der Waals surface area contributed by atoms with Crippen molar-refractivity contribution in [3.8, 4) is 5.75 Å². The van der Waals surface area contributed by atoms with E-state index in [2.05, 4.69) is 55.6 Å². The van der Waals surface area contributed by atoms with Crippen LogP contribution in [0, 0.1) is 0 Å². The lowest BCUT2D eigenvalue weighted by Gasteiger charge is -2.34. The third-order valence-corrected chi connectivity index (χ3v) is 8.14. The Labute approximate surface area is 136 Å². The average molecular weight is 324 g/mol. The molecule has 2 N–H and O–H groups in total. The third-order valence-electron chi connectivity index (χ3n) is 4.57. The number of rotatable bonds is 4. The fraction of sp³-hybridized carbons (Fsp3) is 0.647. The highest BCUT2D eigenvalue weighted by Crippen LogP contribution is 2.37. The van der Waals surface area contributed by atoms with Gasteiger partial charge in [0.05, 0.1) is 6.61 Å². The minimum Gasteiger partial charge on any atom is -0.493 e. The SMILES string of the molecule is CC1SCC(C(N)CCc2ccc3c(c2)CCO3)SC1C. The van der Waals surface area contributed by atoms with Gasteiger partial charge in [0, 0.05) is 34.0 Å². The van der Waals surface area contributed by atoms with E-state index >= 15 is 0 Å². The highest BCUT2D eigenvalue weighted by atomic mass is 32.2. The molecular weight excluding hydrogens is 298 g/mol. The fourth-order valence-electron chi connectivity index (χ4n) is 2.95. The molecule has 2 aliphatic heterocycles. The summed E-state index contributed by atoms with van der Waals surface area (Å²) in [4.78, 5) is 0. The molecule has 116 valence electrons. The van der Waals surface area contributed by atoms with Crippen LogP contribution in [0.5, 0.6) is 5.75 Å². The second-order valence-electron chi connectivity index (χ2n) is 6.16. The normalized spacial score (nSPS) is 29.8. The highest BCUT2D eigenvalue weighted by Gasteiger charge is 2.29. The van der Waals surface area contributed by atoms with Crippen molar-refractivity contribution >= 4 is 23.5 Å². The van der Waals surface area contributed by atoms with Crippen LogP contribution in [-0.4, -0.2) is 34.2 Å². The van der Waals surface area contributed by atoms with Gasteiger partial charge in [0.15, 0.2) is 0 Å². The molecule has 0 bridgehead atoms. The van der Waals surface area contributed by atoms with Gasteiger partial charge in [0.1, 0.15) is 5.75 Å². The molecule has 1 aromatic rings. The first kappa shape index (κ1) is 15.6. The number of hydrogen-bond acceptors (Lipinski definition) is 4. The van der Waals surface area contributed by atoms with Gasteiger partial charge >= 0.3 is 0 Å². The van der Waals surface area contributed by atoms with E-state index in [4.69, 9.17) is 10.5 Å². The zero-order valence-corrected chi connectivity index (χ0v) is 14.5. The van der Waals surface area contributed by atoms with Crippen LogP contribution in [0.2, 0.25) is 0 Å². The number of benzene rings is 1. The molecule has 1 fully saturated rings. The molecule has 2 aliphatic rings. The van der Waals surface area contributed by atoms with Crippen molar-refractivity contribution in [1.82, 2.24) is 0 Å². The Morgan fingerprint density at radius 1 is 1.33 bits per heavy atom. The number of nitrogens with two attached hydrogens (primary N) is 1. The summed E-state index contributed by atoms with van der Waals surface area (Å²) in [5, 5.41) is 2.09. The van der Waals surface area contributed by atoms with E-state index in [1.807, 2.05) is 0 Å². The smallest absolute Gasteiger partial charge is 0.122 e. The standard InChI is InChI=1S/C17H25NOS2/c1-11-12(2)21-17(10-20-11)15(18)5-3-13-4-6-16-14(9-13)7-8-19-16/h4,6,9,11-12,15,17H,3,5,7-8,10,18H2,1-2H3. The molecule has 3 rings (SSSR count). The van der Waals surface area contributed by atoms with Crippen molar-refractivity contribution in [2.75, 3.05) is 12.4 Å². The first-order valence-electron chi connectivity index (χ1n) is 7.90. The van der Waals surface area contributed by atoms with Crippen molar-refractivity contribution in [3.63, 3.8) is 0 Å². The van der Waals surface area contributed by atoms with Gasteiger partial charge in [-0.25, -0.2) is 0 Å². The van der Waals surface area contributed by atoms with Crippen LogP contribution in [-0.2, 0) is 12.8 Å². The highest BCUT2D eigenvalue weighted by molar-refractivity contribution is 8.07. The van der Waals surface area contributed by atoms with Crippen LogP contribution in [0.25, 0.3) is 0 Å². The van der Waals surface area contributed by atoms with Gasteiger partial charge in [-0.1, -0.05) is 26.0 Å². The van der Waals surface area contributed by atoms with Crippen LogP contribution < -0.4 is 10.5 Å². The van der Waals surface area contributed by atoms with Gasteiger partial charge in [0.25, 0.3) is 0 Å². The summed E-state index contributed by atoms with van der Waals surface area (Å²) >= 11 is 4.18. The summed E-state index contributed by atoms with van der Waals surface area (Å²) in [5.41, 5.74) is 9.23. The van der Waals surface area contributed by atoms with Crippen molar-refractivity contribution in [2.45, 2.75) is 54.9 Å². The molecule has 0 aliphatic carbocycles. The second kappa shape index (κ2) is 6.84. The van der Waals surface area contributed by atoms with Gasteiger partial charge in [-0.3, -0.25) is 0 Å². The molecule has 1 saturated heterocycles. The number of ether oxygens (including phenoxy) is 1. The quantitative estimate of drug-likeness (QED) is 0.920. The molecule has 2 heterocycles. The van der Waals surface area contributed by atoms with Gasteiger partial charge in [0.2, 0.25) is 0 Å². The Bertz CT molecular complexity index is 494. The van der Waals surface area contributed by atoms with Crippen LogP contribution >= 0.6 is 23.5 Å². The van der Waals surface area contributed by atoms with E-state index < -0.39 is 0 Å². The molecule has 4 atom stereocenters.